The molecule has 1 saturated heterocycles. The first-order valence-corrected chi connectivity index (χ1v) is 5.77. The third-order valence-corrected chi connectivity index (χ3v) is 2.40. The van der Waals surface area contributed by atoms with E-state index in [1.54, 1.807) is 25.7 Å². The van der Waals surface area contributed by atoms with Crippen LogP contribution in [0.1, 0.15) is 27.2 Å². The Kier molecular flexibility index (Phi) is 4.68. The van der Waals surface area contributed by atoms with Gasteiger partial charge < -0.3 is 15.0 Å². The molecule has 0 spiro atoms. The number of hydrogen-bond acceptors (Lipinski definition) is 3. The molecule has 0 radical (unpaired) electrons. The van der Waals surface area contributed by atoms with Gasteiger partial charge in [-0.05, 0) is 27.2 Å². The van der Waals surface area contributed by atoms with E-state index < -0.39 is 12.0 Å². The van der Waals surface area contributed by atoms with Gasteiger partial charge in [0.1, 0.15) is 5.60 Å². The molecule has 0 aromatic rings. The van der Waals surface area contributed by atoms with Crippen molar-refractivity contribution in [2.24, 2.45) is 0 Å². The predicted molar refractivity (Wildman–Crippen MR) is 60.2 cm³/mol. The highest BCUT2D eigenvalue weighted by atomic mass is 19.3. The van der Waals surface area contributed by atoms with Crippen molar-refractivity contribution in [1.29, 1.82) is 0 Å². The van der Waals surface area contributed by atoms with Crippen LogP contribution in [0.2, 0.25) is 0 Å². The largest absolute Gasteiger partial charge is 0.444 e. The SMILES string of the molecule is CC(C)(C)OC(=O)N1CCC(NCC(F)F)C1. The molecule has 4 nitrogen and oxygen atoms in total. The average Bonchev–Trinajstić information content (AvgIpc) is 2.60. The maximum absolute atomic E-state index is 12.0. The summed E-state index contributed by atoms with van der Waals surface area (Å²) in [6.07, 6.45) is -2.05. The van der Waals surface area contributed by atoms with E-state index in [4.69, 9.17) is 4.74 Å². The summed E-state index contributed by atoms with van der Waals surface area (Å²) in [5, 5.41) is 2.73. The number of nitrogens with zero attached hydrogens (tertiary/aromatic N) is 1. The summed E-state index contributed by atoms with van der Waals surface area (Å²) in [5.41, 5.74) is -0.522. The molecule has 1 aliphatic rings. The summed E-state index contributed by atoms with van der Waals surface area (Å²) in [5.74, 6) is 0. The monoisotopic (exact) mass is 250 g/mol. The molecule has 1 heterocycles. The smallest absolute Gasteiger partial charge is 0.410 e. The predicted octanol–water partition coefficient (Wildman–Crippen LogP) is 1.85. The lowest BCUT2D eigenvalue weighted by Crippen LogP contribution is -2.39. The molecule has 1 N–H and O–H groups in total. The minimum Gasteiger partial charge on any atom is -0.444 e. The van der Waals surface area contributed by atoms with E-state index in [0.717, 1.165) is 0 Å². The van der Waals surface area contributed by atoms with Crippen molar-refractivity contribution >= 4 is 6.09 Å². The van der Waals surface area contributed by atoms with Crippen molar-refractivity contribution in [3.63, 3.8) is 0 Å². The lowest BCUT2D eigenvalue weighted by Gasteiger charge is -2.24. The Hall–Kier alpha value is -0.910. The van der Waals surface area contributed by atoms with Gasteiger partial charge in [-0.2, -0.15) is 0 Å². The van der Waals surface area contributed by atoms with E-state index in [2.05, 4.69) is 5.32 Å². The van der Waals surface area contributed by atoms with Crippen LogP contribution in [0.3, 0.4) is 0 Å². The highest BCUT2D eigenvalue weighted by molar-refractivity contribution is 5.68. The number of carbonyl (C=O) groups excluding carboxylic acids is 1. The molecule has 1 rings (SSSR count). The number of alkyl halides is 2. The van der Waals surface area contributed by atoms with Gasteiger partial charge >= 0.3 is 6.09 Å². The molecule has 1 aliphatic heterocycles. The minimum atomic E-state index is -2.36. The van der Waals surface area contributed by atoms with Crippen LogP contribution in [0, 0.1) is 0 Å². The summed E-state index contributed by atoms with van der Waals surface area (Å²) >= 11 is 0. The number of amides is 1. The highest BCUT2D eigenvalue weighted by Gasteiger charge is 2.29. The zero-order chi connectivity index (χ0) is 13.1. The summed E-state index contributed by atoms with van der Waals surface area (Å²) in [7, 11) is 0. The van der Waals surface area contributed by atoms with Crippen molar-refractivity contribution in [3.8, 4) is 0 Å². The summed E-state index contributed by atoms with van der Waals surface area (Å²) in [4.78, 5) is 13.2. The highest BCUT2D eigenvalue weighted by Crippen LogP contribution is 2.15. The third kappa shape index (κ3) is 5.30. The first-order valence-electron chi connectivity index (χ1n) is 5.77. The number of nitrogens with one attached hydrogen (secondary N) is 1. The van der Waals surface area contributed by atoms with Gasteiger partial charge in [0, 0.05) is 19.1 Å². The van der Waals surface area contributed by atoms with E-state index >= 15 is 0 Å². The molecule has 100 valence electrons. The Bertz CT molecular complexity index is 267. The van der Waals surface area contributed by atoms with Crippen molar-refractivity contribution in [2.45, 2.75) is 45.3 Å². The maximum Gasteiger partial charge on any atom is 0.410 e. The van der Waals surface area contributed by atoms with Gasteiger partial charge in [0.25, 0.3) is 6.43 Å². The molecular weight excluding hydrogens is 230 g/mol. The lowest BCUT2D eigenvalue weighted by molar-refractivity contribution is 0.0290. The molecule has 1 atom stereocenters. The Labute approximate surface area is 100 Å². The van der Waals surface area contributed by atoms with Crippen LogP contribution in [-0.4, -0.2) is 48.7 Å². The molecule has 1 amide bonds. The zero-order valence-electron chi connectivity index (χ0n) is 10.5. The van der Waals surface area contributed by atoms with Crippen LogP contribution in [0.25, 0.3) is 0 Å². The third-order valence-electron chi connectivity index (χ3n) is 2.40. The fourth-order valence-corrected chi connectivity index (χ4v) is 1.67. The second-order valence-electron chi connectivity index (χ2n) is 5.21. The quantitative estimate of drug-likeness (QED) is 0.831. The van der Waals surface area contributed by atoms with Crippen LogP contribution >= 0.6 is 0 Å². The zero-order valence-corrected chi connectivity index (χ0v) is 10.5. The molecular formula is C11H20F2N2O2. The van der Waals surface area contributed by atoms with Gasteiger partial charge in [0.15, 0.2) is 0 Å². The van der Waals surface area contributed by atoms with Crippen molar-refractivity contribution in [2.75, 3.05) is 19.6 Å². The molecule has 0 bridgehead atoms. The van der Waals surface area contributed by atoms with Crippen LogP contribution in [0.4, 0.5) is 13.6 Å². The molecule has 0 aliphatic carbocycles. The number of hydrogen-bond donors (Lipinski definition) is 1. The minimum absolute atomic E-state index is 0.0588. The number of halogens is 2. The topological polar surface area (TPSA) is 41.6 Å². The first-order chi connectivity index (χ1) is 7.78. The number of ether oxygens (including phenoxy) is 1. The first kappa shape index (κ1) is 14.2. The van der Waals surface area contributed by atoms with Gasteiger partial charge in [-0.15, -0.1) is 0 Å². The molecule has 0 aromatic heterocycles. The molecule has 1 unspecified atom stereocenters. The maximum atomic E-state index is 12.0. The molecule has 0 saturated carbocycles. The fraction of sp³-hybridized carbons (Fsp3) is 0.909. The average molecular weight is 250 g/mol. The van der Waals surface area contributed by atoms with Crippen LogP contribution in [-0.2, 0) is 4.74 Å². The van der Waals surface area contributed by atoms with E-state index in [9.17, 15) is 13.6 Å². The fourth-order valence-electron chi connectivity index (χ4n) is 1.67. The van der Waals surface area contributed by atoms with Gasteiger partial charge in [0.2, 0.25) is 0 Å². The molecule has 6 heteroatoms. The second-order valence-corrected chi connectivity index (χ2v) is 5.21. The van der Waals surface area contributed by atoms with Gasteiger partial charge in [-0.25, -0.2) is 13.6 Å². The van der Waals surface area contributed by atoms with E-state index in [1.807, 2.05) is 0 Å². The van der Waals surface area contributed by atoms with E-state index in [1.165, 1.54) is 0 Å². The number of rotatable bonds is 3. The standard InChI is InChI=1S/C11H20F2N2O2/c1-11(2,3)17-10(16)15-5-4-8(7-15)14-6-9(12)13/h8-9,14H,4-7H2,1-3H3. The van der Waals surface area contributed by atoms with Crippen molar-refractivity contribution < 1.29 is 18.3 Å². The van der Waals surface area contributed by atoms with Crippen LogP contribution in [0.5, 0.6) is 0 Å². The number of likely N-dealkylation sites (tertiary alicyclic amines) is 1. The van der Waals surface area contributed by atoms with Gasteiger partial charge in [-0.1, -0.05) is 0 Å². The molecule has 17 heavy (non-hydrogen) atoms. The van der Waals surface area contributed by atoms with E-state index in [0.29, 0.717) is 19.5 Å². The van der Waals surface area contributed by atoms with Gasteiger partial charge in [-0.3, -0.25) is 0 Å². The Morgan fingerprint density at radius 2 is 2.18 bits per heavy atom. The van der Waals surface area contributed by atoms with Crippen molar-refractivity contribution in [1.82, 2.24) is 10.2 Å². The Morgan fingerprint density at radius 1 is 1.53 bits per heavy atom. The second kappa shape index (κ2) is 5.62. The molecule has 1 fully saturated rings. The Morgan fingerprint density at radius 3 is 2.71 bits per heavy atom. The summed E-state index contributed by atoms with van der Waals surface area (Å²) < 4.78 is 29.2. The van der Waals surface area contributed by atoms with Crippen molar-refractivity contribution in [3.05, 3.63) is 0 Å². The lowest BCUT2D eigenvalue weighted by atomic mass is 10.2. The van der Waals surface area contributed by atoms with Crippen LogP contribution in [0.15, 0.2) is 0 Å². The van der Waals surface area contributed by atoms with Crippen LogP contribution < -0.4 is 5.32 Å². The normalized spacial score (nSPS) is 21.1. The number of carbonyl (C=O) groups is 1. The van der Waals surface area contributed by atoms with Gasteiger partial charge in [0.05, 0.1) is 6.54 Å². The Balaban J connectivity index is 2.32. The van der Waals surface area contributed by atoms with E-state index in [-0.39, 0.29) is 18.7 Å². The summed E-state index contributed by atoms with van der Waals surface area (Å²) in [6, 6.07) is -0.0588. The molecule has 0 aromatic carbocycles. The summed E-state index contributed by atoms with van der Waals surface area (Å²) in [6.45, 7) is 6.05.